The van der Waals surface area contributed by atoms with Crippen LogP contribution < -0.4 is 10.1 Å². The maximum atomic E-state index is 12.5. The predicted octanol–water partition coefficient (Wildman–Crippen LogP) is 1.31. The number of anilines is 1. The topological polar surface area (TPSA) is 91.7 Å². The fourth-order valence-electron chi connectivity index (χ4n) is 2.17. The van der Waals surface area contributed by atoms with Crippen LogP contribution in [0.1, 0.15) is 22.3 Å². The normalized spacial score (nSPS) is 18.2. The van der Waals surface area contributed by atoms with Crippen LogP contribution >= 0.6 is 0 Å². The number of benzene rings is 1. The van der Waals surface area contributed by atoms with Crippen molar-refractivity contribution < 1.29 is 17.6 Å². The third-order valence-corrected chi connectivity index (χ3v) is 3.53. The van der Waals surface area contributed by atoms with E-state index in [0.29, 0.717) is 17.0 Å². The van der Waals surface area contributed by atoms with Gasteiger partial charge >= 0.3 is 0 Å². The average molecular weight is 307 g/mol. The first-order chi connectivity index (χ1) is 9.96. The Labute approximate surface area is 121 Å². The highest BCUT2D eigenvalue weighted by atomic mass is 32.2. The molecule has 1 aliphatic rings. The number of carbonyl (C=O) groups excluding carboxylic acids is 1. The lowest BCUT2D eigenvalue weighted by molar-refractivity contribution is 0.0610. The van der Waals surface area contributed by atoms with Crippen LogP contribution in [0, 0.1) is 0 Å². The number of hydrogen-bond donors (Lipinski definition) is 2. The number of sulfonamides is 1. The van der Waals surface area contributed by atoms with Gasteiger partial charge < -0.3 is 9.73 Å². The number of hydrogen-bond acceptors (Lipinski definition) is 5. The number of furan rings is 1. The van der Waals surface area contributed by atoms with Crippen molar-refractivity contribution in [2.45, 2.75) is 6.17 Å². The Bertz CT molecular complexity index is 770. The summed E-state index contributed by atoms with van der Waals surface area (Å²) in [5, 5.41) is 4.10. The van der Waals surface area contributed by atoms with Crippen molar-refractivity contribution in [3.8, 4) is 0 Å². The van der Waals surface area contributed by atoms with Gasteiger partial charge in [-0.05, 0) is 24.3 Å². The van der Waals surface area contributed by atoms with E-state index in [2.05, 4.69) is 10.1 Å². The van der Waals surface area contributed by atoms with Crippen molar-refractivity contribution in [3.63, 3.8) is 0 Å². The zero-order valence-electron chi connectivity index (χ0n) is 11.1. The summed E-state index contributed by atoms with van der Waals surface area (Å²) in [5.41, 5.74) is 1.01. The summed E-state index contributed by atoms with van der Waals surface area (Å²) in [6.07, 6.45) is 1.69. The summed E-state index contributed by atoms with van der Waals surface area (Å²) in [4.78, 5) is 14.7. The van der Waals surface area contributed by atoms with E-state index in [1.807, 2.05) is 0 Å². The van der Waals surface area contributed by atoms with Crippen molar-refractivity contribution in [2.75, 3.05) is 11.6 Å². The summed E-state index contributed by atoms with van der Waals surface area (Å²) in [6, 6.07) is 10.2. The van der Waals surface area contributed by atoms with Gasteiger partial charge in [0.2, 0.25) is 10.0 Å². The lowest BCUT2D eigenvalue weighted by Crippen LogP contribution is -2.52. The summed E-state index contributed by atoms with van der Waals surface area (Å²) in [6.45, 7) is 0. The van der Waals surface area contributed by atoms with E-state index >= 15 is 0 Å². The molecule has 110 valence electrons. The predicted molar refractivity (Wildman–Crippen MR) is 75.7 cm³/mol. The monoisotopic (exact) mass is 307 g/mol. The van der Waals surface area contributed by atoms with Gasteiger partial charge in [-0.25, -0.2) is 13.4 Å². The highest BCUT2D eigenvalue weighted by Gasteiger charge is 2.36. The SMILES string of the molecule is CS(=O)(=O)NN1C(=O)c2ccccc2N[C@H]1c1ccco1. The molecule has 2 N–H and O–H groups in total. The molecule has 0 radical (unpaired) electrons. The van der Waals surface area contributed by atoms with Crippen molar-refractivity contribution in [2.24, 2.45) is 0 Å². The van der Waals surface area contributed by atoms with Gasteiger partial charge in [-0.15, -0.1) is 4.83 Å². The summed E-state index contributed by atoms with van der Waals surface area (Å²) < 4.78 is 28.3. The van der Waals surface area contributed by atoms with Crippen LogP contribution in [0.5, 0.6) is 0 Å². The molecular weight excluding hydrogens is 294 g/mol. The number of para-hydroxylation sites is 1. The molecule has 0 aliphatic carbocycles. The Morgan fingerprint density at radius 1 is 1.24 bits per heavy atom. The first-order valence-electron chi connectivity index (χ1n) is 6.16. The van der Waals surface area contributed by atoms with E-state index in [-0.39, 0.29) is 0 Å². The molecule has 0 fully saturated rings. The van der Waals surface area contributed by atoms with E-state index in [4.69, 9.17) is 4.42 Å². The zero-order chi connectivity index (χ0) is 15.0. The van der Waals surface area contributed by atoms with Gasteiger partial charge in [0.15, 0.2) is 6.17 Å². The Kier molecular flexibility index (Phi) is 3.19. The molecule has 3 rings (SSSR count). The quantitative estimate of drug-likeness (QED) is 0.892. The van der Waals surface area contributed by atoms with Crippen LogP contribution in [0.3, 0.4) is 0 Å². The Morgan fingerprint density at radius 3 is 2.67 bits per heavy atom. The minimum Gasteiger partial charge on any atom is -0.465 e. The molecule has 0 saturated heterocycles. The fraction of sp³-hybridized carbons (Fsp3) is 0.154. The summed E-state index contributed by atoms with van der Waals surface area (Å²) in [7, 11) is -3.61. The second-order valence-electron chi connectivity index (χ2n) is 4.65. The number of nitrogens with zero attached hydrogens (tertiary/aromatic N) is 1. The van der Waals surface area contributed by atoms with Crippen LogP contribution in [0.4, 0.5) is 5.69 Å². The highest BCUT2D eigenvalue weighted by Crippen LogP contribution is 2.32. The Balaban J connectivity index is 2.07. The molecule has 2 heterocycles. The van der Waals surface area contributed by atoms with Gasteiger partial charge in [-0.3, -0.25) is 4.79 Å². The molecule has 1 aromatic heterocycles. The average Bonchev–Trinajstić information content (AvgIpc) is 2.94. The number of rotatable bonds is 3. The number of nitrogens with one attached hydrogen (secondary N) is 2. The van der Waals surface area contributed by atoms with Gasteiger partial charge in [0.1, 0.15) is 5.76 Å². The molecular formula is C13H13N3O4S. The van der Waals surface area contributed by atoms with Gasteiger partial charge in [0.25, 0.3) is 5.91 Å². The molecule has 21 heavy (non-hydrogen) atoms. The number of carbonyl (C=O) groups is 1. The zero-order valence-corrected chi connectivity index (χ0v) is 11.9. The molecule has 2 aromatic rings. The van der Waals surface area contributed by atoms with Crippen molar-refractivity contribution in [1.29, 1.82) is 0 Å². The van der Waals surface area contributed by atoms with E-state index in [0.717, 1.165) is 11.3 Å². The first-order valence-corrected chi connectivity index (χ1v) is 8.05. The van der Waals surface area contributed by atoms with Crippen LogP contribution in [-0.4, -0.2) is 25.6 Å². The van der Waals surface area contributed by atoms with Gasteiger partial charge in [-0.1, -0.05) is 12.1 Å². The molecule has 1 aliphatic heterocycles. The second-order valence-corrected chi connectivity index (χ2v) is 6.37. The van der Waals surface area contributed by atoms with Crippen LogP contribution in [0.2, 0.25) is 0 Å². The maximum Gasteiger partial charge on any atom is 0.273 e. The first kappa shape index (κ1) is 13.7. The van der Waals surface area contributed by atoms with Crippen molar-refractivity contribution >= 4 is 21.6 Å². The van der Waals surface area contributed by atoms with Gasteiger partial charge in [-0.2, -0.15) is 0 Å². The molecule has 1 aromatic carbocycles. The Hall–Kier alpha value is -2.32. The highest BCUT2D eigenvalue weighted by molar-refractivity contribution is 7.88. The minimum absolute atomic E-state index is 0.386. The fourth-order valence-corrected chi connectivity index (χ4v) is 2.72. The molecule has 0 saturated carbocycles. The number of hydrazine groups is 1. The third kappa shape index (κ3) is 2.63. The summed E-state index contributed by atoms with van der Waals surface area (Å²) in [5.74, 6) is -0.0230. The molecule has 1 atom stereocenters. The number of amides is 1. The number of fused-ring (bicyclic) bond motifs is 1. The largest absolute Gasteiger partial charge is 0.465 e. The van der Waals surface area contributed by atoms with Crippen LogP contribution in [0.25, 0.3) is 0 Å². The lowest BCUT2D eigenvalue weighted by Gasteiger charge is -2.35. The molecule has 7 nitrogen and oxygen atoms in total. The minimum atomic E-state index is -3.61. The van der Waals surface area contributed by atoms with E-state index < -0.39 is 22.1 Å². The second kappa shape index (κ2) is 4.90. The van der Waals surface area contributed by atoms with Crippen molar-refractivity contribution in [3.05, 3.63) is 54.0 Å². The summed E-state index contributed by atoms with van der Waals surface area (Å²) >= 11 is 0. The molecule has 8 heteroatoms. The molecule has 0 spiro atoms. The van der Waals surface area contributed by atoms with Gasteiger partial charge in [0.05, 0.1) is 18.1 Å². The maximum absolute atomic E-state index is 12.5. The third-order valence-electron chi connectivity index (χ3n) is 3.00. The van der Waals surface area contributed by atoms with Crippen LogP contribution in [-0.2, 0) is 10.0 Å². The molecule has 1 amide bonds. The van der Waals surface area contributed by atoms with Crippen LogP contribution in [0.15, 0.2) is 47.1 Å². The Morgan fingerprint density at radius 2 is 2.00 bits per heavy atom. The van der Waals surface area contributed by atoms with E-state index in [1.54, 1.807) is 36.4 Å². The van der Waals surface area contributed by atoms with E-state index in [9.17, 15) is 13.2 Å². The van der Waals surface area contributed by atoms with E-state index in [1.165, 1.54) is 6.26 Å². The van der Waals surface area contributed by atoms with Crippen molar-refractivity contribution in [1.82, 2.24) is 9.84 Å². The lowest BCUT2D eigenvalue weighted by atomic mass is 10.1. The molecule has 0 bridgehead atoms. The standard InChI is InChI=1S/C13H13N3O4S/c1-21(18,19)15-16-12(11-7-4-8-20-11)14-10-6-3-2-5-9(10)13(16)17/h2-8,12,14-15H,1H3/t12-/m1/s1. The smallest absolute Gasteiger partial charge is 0.273 e. The molecule has 0 unspecified atom stereocenters. The van der Waals surface area contributed by atoms with Gasteiger partial charge in [0, 0.05) is 5.69 Å².